The zero-order chi connectivity index (χ0) is 19.7. The Morgan fingerprint density at radius 1 is 1.04 bits per heavy atom. The van der Waals surface area contributed by atoms with Crippen LogP contribution in [0.3, 0.4) is 0 Å². The first-order valence-electron chi connectivity index (χ1n) is 10.6. The highest BCUT2D eigenvalue weighted by atomic mass is 15.1. The molecule has 0 saturated carbocycles. The highest BCUT2D eigenvalue weighted by molar-refractivity contribution is 5.85. The van der Waals surface area contributed by atoms with E-state index in [0.717, 1.165) is 25.7 Å². The quantitative estimate of drug-likeness (QED) is 0.605. The first kappa shape index (κ1) is 19.2. The Morgan fingerprint density at radius 2 is 1.75 bits per heavy atom. The number of hydrogen-bond acceptors (Lipinski definition) is 2. The van der Waals surface area contributed by atoms with Gasteiger partial charge in [0.15, 0.2) is 0 Å². The zero-order valence-corrected chi connectivity index (χ0v) is 17.6. The molecule has 3 heteroatoms. The van der Waals surface area contributed by atoms with Gasteiger partial charge in [-0.3, -0.25) is 4.90 Å². The van der Waals surface area contributed by atoms with Crippen molar-refractivity contribution < 1.29 is 0 Å². The van der Waals surface area contributed by atoms with E-state index in [2.05, 4.69) is 97.7 Å². The van der Waals surface area contributed by atoms with E-state index in [0.29, 0.717) is 12.1 Å². The van der Waals surface area contributed by atoms with Gasteiger partial charge in [0, 0.05) is 34.2 Å². The second-order valence-electron chi connectivity index (χ2n) is 8.57. The van der Waals surface area contributed by atoms with E-state index < -0.39 is 0 Å². The molecule has 1 aromatic heterocycles. The number of aromatic nitrogens is 1. The molecule has 2 aromatic carbocycles. The maximum Gasteiger partial charge on any atom is 0.0478 e. The maximum atomic E-state index is 3.87. The number of rotatable bonds is 6. The summed E-state index contributed by atoms with van der Waals surface area (Å²) in [5.74, 6) is 0. The summed E-state index contributed by atoms with van der Waals surface area (Å²) < 4.78 is 0. The van der Waals surface area contributed by atoms with Crippen LogP contribution in [0.2, 0.25) is 0 Å². The minimum Gasteiger partial charge on any atom is -0.357 e. The average molecular weight is 376 g/mol. The van der Waals surface area contributed by atoms with Crippen molar-refractivity contribution in [3.05, 3.63) is 71.4 Å². The highest BCUT2D eigenvalue weighted by Crippen LogP contribution is 2.40. The molecule has 3 nitrogen and oxygen atoms in total. The molecule has 2 N–H and O–H groups in total. The molecule has 4 rings (SSSR count). The number of nitrogens with one attached hydrogen (secondary N) is 2. The van der Waals surface area contributed by atoms with Gasteiger partial charge in [0.05, 0.1) is 0 Å². The number of fused-ring (bicyclic) bond motifs is 3. The van der Waals surface area contributed by atoms with E-state index in [1.807, 2.05) is 0 Å². The summed E-state index contributed by atoms with van der Waals surface area (Å²) in [6.07, 6.45) is 4.44. The lowest BCUT2D eigenvalue weighted by molar-refractivity contribution is 0.122. The van der Waals surface area contributed by atoms with Gasteiger partial charge in [0.25, 0.3) is 0 Å². The van der Waals surface area contributed by atoms with Crippen molar-refractivity contribution in [3.63, 3.8) is 0 Å². The molecule has 0 bridgehead atoms. The molecule has 2 heterocycles. The first-order chi connectivity index (χ1) is 13.5. The number of H-pyrrole nitrogens is 1. The predicted octanol–water partition coefficient (Wildman–Crippen LogP) is 5.39. The Balaban J connectivity index is 1.65. The molecule has 0 amide bonds. The van der Waals surface area contributed by atoms with Crippen LogP contribution in [0.1, 0.15) is 56.0 Å². The summed E-state index contributed by atoms with van der Waals surface area (Å²) in [6.45, 7) is 4.63. The number of para-hydroxylation sites is 1. The van der Waals surface area contributed by atoms with Crippen molar-refractivity contribution in [2.75, 3.05) is 14.1 Å². The number of hydrogen-bond donors (Lipinski definition) is 2. The fraction of sp³-hybridized carbons (Fsp3) is 0.440. The molecule has 0 saturated heterocycles. The lowest BCUT2D eigenvalue weighted by atomic mass is 9.79. The molecule has 28 heavy (non-hydrogen) atoms. The largest absolute Gasteiger partial charge is 0.357 e. The maximum absolute atomic E-state index is 3.87. The molecule has 1 aliphatic heterocycles. The van der Waals surface area contributed by atoms with Gasteiger partial charge in [-0.1, -0.05) is 55.5 Å². The third kappa shape index (κ3) is 3.27. The van der Waals surface area contributed by atoms with Gasteiger partial charge < -0.3 is 10.3 Å². The minimum atomic E-state index is 0.0653. The second-order valence-corrected chi connectivity index (χ2v) is 8.57. The smallest absolute Gasteiger partial charge is 0.0478 e. The van der Waals surface area contributed by atoms with Crippen LogP contribution in [0.15, 0.2) is 54.6 Å². The Hall–Kier alpha value is -2.10. The number of benzene rings is 2. The third-order valence-corrected chi connectivity index (χ3v) is 6.79. The van der Waals surface area contributed by atoms with Gasteiger partial charge in [-0.25, -0.2) is 0 Å². The van der Waals surface area contributed by atoms with Crippen LogP contribution < -0.4 is 5.32 Å². The molecular formula is C25H33N3. The lowest BCUT2D eigenvalue weighted by Crippen LogP contribution is -2.43. The van der Waals surface area contributed by atoms with E-state index in [9.17, 15) is 0 Å². The average Bonchev–Trinajstić information content (AvgIpc) is 3.08. The van der Waals surface area contributed by atoms with Crippen LogP contribution in [0.25, 0.3) is 10.9 Å². The Kier molecular flexibility index (Phi) is 5.31. The summed E-state index contributed by atoms with van der Waals surface area (Å²) in [5.41, 5.74) is 5.67. The first-order valence-corrected chi connectivity index (χ1v) is 10.6. The molecule has 0 fully saturated rings. The highest BCUT2D eigenvalue weighted by Gasteiger charge is 2.35. The van der Waals surface area contributed by atoms with Gasteiger partial charge in [-0.05, 0) is 63.9 Å². The van der Waals surface area contributed by atoms with E-state index in [1.165, 1.54) is 27.7 Å². The molecular weight excluding hydrogens is 342 g/mol. The van der Waals surface area contributed by atoms with Crippen molar-refractivity contribution >= 4 is 10.9 Å². The minimum absolute atomic E-state index is 0.0653. The van der Waals surface area contributed by atoms with Crippen molar-refractivity contribution in [1.82, 2.24) is 15.2 Å². The summed E-state index contributed by atoms with van der Waals surface area (Å²) >= 11 is 0. The van der Waals surface area contributed by atoms with Crippen LogP contribution >= 0.6 is 0 Å². The van der Waals surface area contributed by atoms with Crippen LogP contribution in [-0.2, 0) is 12.0 Å². The van der Waals surface area contributed by atoms with E-state index in [4.69, 9.17) is 0 Å². The Labute approximate surface area is 169 Å². The number of nitrogens with zero attached hydrogens (tertiary/aromatic N) is 1. The molecule has 3 aromatic rings. The van der Waals surface area contributed by atoms with Crippen molar-refractivity contribution in [2.24, 2.45) is 0 Å². The fourth-order valence-electron chi connectivity index (χ4n) is 5.21. The normalized spacial score (nSPS) is 21.6. The molecule has 3 unspecified atom stereocenters. The molecule has 148 valence electrons. The molecule has 0 radical (unpaired) electrons. The van der Waals surface area contributed by atoms with Crippen LogP contribution in [0, 0.1) is 0 Å². The van der Waals surface area contributed by atoms with Gasteiger partial charge in [0.1, 0.15) is 0 Å². The van der Waals surface area contributed by atoms with Crippen LogP contribution in [0.4, 0.5) is 0 Å². The zero-order valence-electron chi connectivity index (χ0n) is 17.6. The topological polar surface area (TPSA) is 31.1 Å². The summed E-state index contributed by atoms with van der Waals surface area (Å²) in [7, 11) is 4.45. The standard InChI is InChI=1S/C25H33N3/c1-5-25(28(3)4,19-11-7-6-8-12-19)16-15-23-24-21(17-18(2)26-23)20-13-9-10-14-22(20)27-24/h6-14,18,23,26-27H,5,15-17H2,1-4H3. The van der Waals surface area contributed by atoms with Gasteiger partial charge in [-0.15, -0.1) is 0 Å². The van der Waals surface area contributed by atoms with Gasteiger partial charge >= 0.3 is 0 Å². The molecule has 3 atom stereocenters. The van der Waals surface area contributed by atoms with Crippen molar-refractivity contribution in [2.45, 2.75) is 57.2 Å². The monoisotopic (exact) mass is 375 g/mol. The Morgan fingerprint density at radius 3 is 2.46 bits per heavy atom. The Bertz CT molecular complexity index is 927. The molecule has 0 aliphatic carbocycles. The number of aromatic amines is 1. The molecule has 1 aliphatic rings. The van der Waals surface area contributed by atoms with E-state index >= 15 is 0 Å². The lowest BCUT2D eigenvalue weighted by Gasteiger charge is -2.42. The fourth-order valence-corrected chi connectivity index (χ4v) is 5.21. The predicted molar refractivity (Wildman–Crippen MR) is 119 cm³/mol. The molecule has 0 spiro atoms. The van der Waals surface area contributed by atoms with Gasteiger partial charge in [0.2, 0.25) is 0 Å². The summed E-state index contributed by atoms with van der Waals surface area (Å²) in [5, 5.41) is 5.27. The van der Waals surface area contributed by atoms with Crippen LogP contribution in [0.5, 0.6) is 0 Å². The van der Waals surface area contributed by atoms with Gasteiger partial charge in [-0.2, -0.15) is 0 Å². The summed E-state index contributed by atoms with van der Waals surface area (Å²) in [4.78, 5) is 6.15. The van der Waals surface area contributed by atoms with E-state index in [-0.39, 0.29) is 5.54 Å². The van der Waals surface area contributed by atoms with E-state index in [1.54, 1.807) is 0 Å². The van der Waals surface area contributed by atoms with Crippen molar-refractivity contribution in [1.29, 1.82) is 0 Å². The van der Waals surface area contributed by atoms with Crippen molar-refractivity contribution in [3.8, 4) is 0 Å². The summed E-state index contributed by atoms with van der Waals surface area (Å²) in [6, 6.07) is 20.6. The SMILES string of the molecule is CCC(CCC1NC(C)Cc2c1[nH]c1ccccc21)(c1ccccc1)N(C)C. The second kappa shape index (κ2) is 7.73. The third-order valence-electron chi connectivity index (χ3n) is 6.79. The van der Waals surface area contributed by atoms with Crippen LogP contribution in [-0.4, -0.2) is 30.0 Å².